The molecule has 3 nitrogen and oxygen atoms in total. The highest BCUT2D eigenvalue weighted by molar-refractivity contribution is 5.93. The zero-order valence-electron chi connectivity index (χ0n) is 15.5. The minimum Gasteiger partial charge on any atom is -1.00 e. The van der Waals surface area contributed by atoms with Gasteiger partial charge < -0.3 is 14.5 Å². The van der Waals surface area contributed by atoms with Crippen LogP contribution in [0.15, 0.2) is 60.7 Å². The molecule has 2 aromatic rings. The highest BCUT2D eigenvalue weighted by Crippen LogP contribution is 2.24. The fourth-order valence-electron chi connectivity index (χ4n) is 3.65. The third kappa shape index (κ3) is 5.15. The molecule has 4 heteroatoms. The van der Waals surface area contributed by atoms with Gasteiger partial charge in [-0.05, 0) is 37.0 Å². The third-order valence-corrected chi connectivity index (χ3v) is 5.09. The molecule has 1 heterocycles. The second-order valence-corrected chi connectivity index (χ2v) is 6.76. The van der Waals surface area contributed by atoms with Crippen LogP contribution in [0.4, 0.5) is 5.69 Å². The van der Waals surface area contributed by atoms with Gasteiger partial charge in [0.25, 0.3) is 0 Å². The summed E-state index contributed by atoms with van der Waals surface area (Å²) in [6.45, 7) is 5.19. The normalized spacial score (nSPS) is 15.3. The van der Waals surface area contributed by atoms with Gasteiger partial charge in [0.15, 0.2) is 0 Å². The first-order chi connectivity index (χ1) is 12.3. The molecule has 0 aliphatic carbocycles. The summed E-state index contributed by atoms with van der Waals surface area (Å²) in [6, 6.07) is 21.1. The average molecular weight is 355 g/mol. The summed E-state index contributed by atoms with van der Waals surface area (Å²) in [6.07, 6.45) is 3.76. The second-order valence-electron chi connectivity index (χ2n) is 6.76. The van der Waals surface area contributed by atoms with E-state index in [2.05, 4.69) is 47.4 Å². The molecule has 0 bridgehead atoms. The number of likely N-dealkylation sites (tertiary alicyclic amines) is 1. The standard InChI is InChI=1S/C22H28N2O.FH/c1-2-22(25)24(20-11-7-4-8-12-20)21-14-17-23(18-15-21)16-13-19-9-5-3-6-10-19;/h3-12,21H,2,13-18H2,1H3;1H/p-1. The van der Waals surface area contributed by atoms with Crippen LogP contribution in [0.3, 0.4) is 0 Å². The molecule has 3 rings (SSSR count). The van der Waals surface area contributed by atoms with Crippen molar-refractivity contribution in [2.45, 2.75) is 38.6 Å². The van der Waals surface area contributed by atoms with Gasteiger partial charge in [0.1, 0.15) is 0 Å². The van der Waals surface area contributed by atoms with Crippen molar-refractivity contribution in [3.63, 3.8) is 0 Å². The molecule has 0 radical (unpaired) electrons. The minimum absolute atomic E-state index is 0. The summed E-state index contributed by atoms with van der Waals surface area (Å²) < 4.78 is 0. The van der Waals surface area contributed by atoms with E-state index >= 15 is 0 Å². The molecule has 0 spiro atoms. The van der Waals surface area contributed by atoms with Crippen molar-refractivity contribution in [2.24, 2.45) is 0 Å². The molecule has 0 atom stereocenters. The first-order valence-corrected chi connectivity index (χ1v) is 9.41. The molecule has 1 amide bonds. The van der Waals surface area contributed by atoms with Crippen molar-refractivity contribution < 1.29 is 9.50 Å². The zero-order chi connectivity index (χ0) is 17.5. The van der Waals surface area contributed by atoms with Crippen molar-refractivity contribution in [3.8, 4) is 0 Å². The molecule has 1 saturated heterocycles. The number of hydrogen-bond donors (Lipinski definition) is 0. The van der Waals surface area contributed by atoms with E-state index in [-0.39, 0.29) is 10.6 Å². The Morgan fingerprint density at radius 2 is 1.58 bits per heavy atom. The Labute approximate surface area is 156 Å². The molecule has 1 fully saturated rings. The van der Waals surface area contributed by atoms with E-state index in [9.17, 15) is 4.79 Å². The van der Waals surface area contributed by atoms with Gasteiger partial charge in [-0.2, -0.15) is 0 Å². The highest BCUT2D eigenvalue weighted by atomic mass is 19.0. The number of halogens is 1. The zero-order valence-corrected chi connectivity index (χ0v) is 15.5. The van der Waals surface area contributed by atoms with Crippen molar-refractivity contribution >= 4 is 11.6 Å². The molecule has 0 aromatic heterocycles. The van der Waals surface area contributed by atoms with E-state index in [1.165, 1.54) is 5.56 Å². The van der Waals surface area contributed by atoms with Gasteiger partial charge in [0.05, 0.1) is 0 Å². The van der Waals surface area contributed by atoms with E-state index < -0.39 is 0 Å². The van der Waals surface area contributed by atoms with Gasteiger partial charge in [0.2, 0.25) is 5.91 Å². The van der Waals surface area contributed by atoms with Crippen LogP contribution < -0.4 is 9.60 Å². The Kier molecular flexibility index (Phi) is 7.79. The SMILES string of the molecule is CCC(=O)N(c1ccccc1)C1CCN(CCc2ccccc2)CC1.[F-]. The largest absolute Gasteiger partial charge is 1.00 e. The number of amides is 1. The molecule has 140 valence electrons. The number of carbonyl (C=O) groups is 1. The molecule has 0 saturated carbocycles. The number of para-hydroxylation sites is 1. The summed E-state index contributed by atoms with van der Waals surface area (Å²) in [7, 11) is 0. The Bertz CT molecular complexity index is 654. The van der Waals surface area contributed by atoms with Crippen molar-refractivity contribution in [3.05, 3.63) is 66.2 Å². The molecule has 1 aliphatic heterocycles. The van der Waals surface area contributed by atoms with Crippen LogP contribution in [0.1, 0.15) is 31.7 Å². The Morgan fingerprint density at radius 1 is 1.00 bits per heavy atom. The smallest absolute Gasteiger partial charge is 0.226 e. The number of hydrogen-bond acceptors (Lipinski definition) is 2. The lowest BCUT2D eigenvalue weighted by Crippen LogP contribution is -3.00. The fraction of sp³-hybridized carbons (Fsp3) is 0.409. The Hall–Kier alpha value is -2.20. The summed E-state index contributed by atoms with van der Waals surface area (Å²) in [5.41, 5.74) is 2.44. The van der Waals surface area contributed by atoms with Crippen LogP contribution in [-0.4, -0.2) is 36.5 Å². The first-order valence-electron chi connectivity index (χ1n) is 9.41. The molecule has 0 N–H and O–H groups in total. The summed E-state index contributed by atoms with van der Waals surface area (Å²) in [5.74, 6) is 0.230. The molecule has 2 aromatic carbocycles. The van der Waals surface area contributed by atoms with Crippen LogP contribution in [0.2, 0.25) is 0 Å². The number of benzene rings is 2. The molecular formula is C22H28FN2O-. The fourth-order valence-corrected chi connectivity index (χ4v) is 3.65. The number of carbonyl (C=O) groups excluding carboxylic acids is 1. The summed E-state index contributed by atoms with van der Waals surface area (Å²) in [5, 5.41) is 0. The van der Waals surface area contributed by atoms with Gasteiger partial charge in [-0.15, -0.1) is 0 Å². The topological polar surface area (TPSA) is 23.6 Å². The molecule has 0 unspecified atom stereocenters. The molecule has 26 heavy (non-hydrogen) atoms. The van der Waals surface area contributed by atoms with Crippen molar-refractivity contribution in [2.75, 3.05) is 24.5 Å². The van der Waals surface area contributed by atoms with E-state index in [0.717, 1.165) is 44.6 Å². The number of anilines is 1. The monoisotopic (exact) mass is 355 g/mol. The van der Waals surface area contributed by atoms with Crippen LogP contribution in [-0.2, 0) is 11.2 Å². The molecule has 1 aliphatic rings. The lowest BCUT2D eigenvalue weighted by atomic mass is 10.0. The Morgan fingerprint density at radius 3 is 2.15 bits per heavy atom. The molecular weight excluding hydrogens is 327 g/mol. The van der Waals surface area contributed by atoms with Crippen LogP contribution in [0.5, 0.6) is 0 Å². The van der Waals surface area contributed by atoms with Gasteiger partial charge in [-0.25, -0.2) is 0 Å². The van der Waals surface area contributed by atoms with Gasteiger partial charge in [-0.3, -0.25) is 4.79 Å². The maximum atomic E-state index is 12.5. The number of nitrogens with zero attached hydrogens (tertiary/aromatic N) is 2. The maximum Gasteiger partial charge on any atom is 0.226 e. The second kappa shape index (κ2) is 10.1. The maximum absolute atomic E-state index is 12.5. The average Bonchev–Trinajstić information content (AvgIpc) is 2.69. The minimum atomic E-state index is 0. The summed E-state index contributed by atoms with van der Waals surface area (Å²) in [4.78, 5) is 17.1. The van der Waals surface area contributed by atoms with Crippen molar-refractivity contribution in [1.29, 1.82) is 0 Å². The number of rotatable bonds is 6. The quantitative estimate of drug-likeness (QED) is 0.776. The van der Waals surface area contributed by atoms with Gasteiger partial charge in [-0.1, -0.05) is 55.5 Å². The predicted octanol–water partition coefficient (Wildman–Crippen LogP) is 1.14. The lowest BCUT2D eigenvalue weighted by Gasteiger charge is -2.38. The van der Waals surface area contributed by atoms with Crippen molar-refractivity contribution in [1.82, 2.24) is 4.90 Å². The van der Waals surface area contributed by atoms with E-state index in [4.69, 9.17) is 0 Å². The predicted molar refractivity (Wildman–Crippen MR) is 104 cm³/mol. The van der Waals surface area contributed by atoms with Gasteiger partial charge >= 0.3 is 0 Å². The summed E-state index contributed by atoms with van der Waals surface area (Å²) >= 11 is 0. The van der Waals surface area contributed by atoms with Crippen LogP contribution in [0, 0.1) is 0 Å². The van der Waals surface area contributed by atoms with Crippen LogP contribution in [0.25, 0.3) is 0 Å². The van der Waals surface area contributed by atoms with E-state index in [1.807, 2.05) is 30.0 Å². The lowest BCUT2D eigenvalue weighted by molar-refractivity contribution is -0.119. The van der Waals surface area contributed by atoms with Crippen LogP contribution >= 0.6 is 0 Å². The number of piperidine rings is 1. The third-order valence-electron chi connectivity index (χ3n) is 5.09. The van der Waals surface area contributed by atoms with E-state index in [1.54, 1.807) is 0 Å². The Balaban J connectivity index is 0.00000243. The van der Waals surface area contributed by atoms with Gasteiger partial charge in [0, 0.05) is 37.8 Å². The first kappa shape index (κ1) is 20.1. The van der Waals surface area contributed by atoms with E-state index in [0.29, 0.717) is 12.5 Å². The highest BCUT2D eigenvalue weighted by Gasteiger charge is 2.28.